The molecule has 0 saturated heterocycles. The molecule has 0 bridgehead atoms. The van der Waals surface area contributed by atoms with Gasteiger partial charge in [0, 0.05) is 10.4 Å². The molecule has 6 heteroatoms. The zero-order valence-electron chi connectivity index (χ0n) is 12.1. The maximum absolute atomic E-state index is 10.8. The summed E-state index contributed by atoms with van der Waals surface area (Å²) in [4.78, 5) is 10.8. The summed E-state index contributed by atoms with van der Waals surface area (Å²) in [5.74, 6) is -0.855. The molecule has 0 aliphatic rings. The normalized spacial score (nSPS) is 11.6. The van der Waals surface area contributed by atoms with Crippen LogP contribution in [0.15, 0.2) is 35.4 Å². The number of aromatic nitrogens is 2. The van der Waals surface area contributed by atoms with Crippen molar-refractivity contribution in [1.82, 2.24) is 9.78 Å². The van der Waals surface area contributed by atoms with Crippen LogP contribution in [0.4, 0.5) is 0 Å². The average Bonchev–Trinajstić information content (AvgIpc) is 2.80. The van der Waals surface area contributed by atoms with Crippen molar-refractivity contribution >= 4 is 29.3 Å². The first-order valence-corrected chi connectivity index (χ1v) is 7.85. The van der Waals surface area contributed by atoms with E-state index < -0.39 is 5.97 Å². The number of thioether (sulfide) groups is 1. The van der Waals surface area contributed by atoms with Gasteiger partial charge >= 0.3 is 5.97 Å². The Labute approximate surface area is 133 Å². The Morgan fingerprint density at radius 1 is 1.38 bits per heavy atom. The molecule has 1 aromatic carbocycles. The topological polar surface area (TPSA) is 55.1 Å². The number of carbonyl (C=O) groups is 1. The second kappa shape index (κ2) is 6.12. The number of halogens is 1. The number of nitrogens with zero attached hydrogens (tertiary/aromatic N) is 2. The molecule has 0 radical (unpaired) electrons. The highest BCUT2D eigenvalue weighted by atomic mass is 35.5. The van der Waals surface area contributed by atoms with Crippen LogP contribution in [0, 0.1) is 0 Å². The Bertz CT molecular complexity index is 662. The van der Waals surface area contributed by atoms with Crippen molar-refractivity contribution in [3.8, 4) is 5.69 Å². The maximum Gasteiger partial charge on any atom is 0.313 e. The molecular formula is C15H17ClN2O2S. The Hall–Kier alpha value is -1.46. The van der Waals surface area contributed by atoms with E-state index in [4.69, 9.17) is 16.7 Å². The molecule has 0 aliphatic heterocycles. The van der Waals surface area contributed by atoms with E-state index in [0.29, 0.717) is 5.02 Å². The van der Waals surface area contributed by atoms with E-state index in [2.05, 4.69) is 25.9 Å². The van der Waals surface area contributed by atoms with Gasteiger partial charge in [-0.15, -0.1) is 0 Å². The van der Waals surface area contributed by atoms with Crippen molar-refractivity contribution < 1.29 is 9.90 Å². The van der Waals surface area contributed by atoms with Gasteiger partial charge in [0.25, 0.3) is 0 Å². The Kier molecular flexibility index (Phi) is 4.64. The molecule has 1 aromatic heterocycles. The van der Waals surface area contributed by atoms with Crippen LogP contribution in [-0.4, -0.2) is 26.6 Å². The van der Waals surface area contributed by atoms with E-state index >= 15 is 0 Å². The zero-order chi connectivity index (χ0) is 15.6. The number of benzene rings is 1. The van der Waals surface area contributed by atoms with Crippen molar-refractivity contribution in [1.29, 1.82) is 0 Å². The predicted octanol–water partition coefficient (Wildman–Crippen LogP) is 4.00. The van der Waals surface area contributed by atoms with Crippen molar-refractivity contribution in [2.24, 2.45) is 0 Å². The highest BCUT2D eigenvalue weighted by Crippen LogP contribution is 2.29. The van der Waals surface area contributed by atoms with Crippen molar-refractivity contribution in [2.45, 2.75) is 31.2 Å². The molecule has 0 amide bonds. The van der Waals surface area contributed by atoms with Gasteiger partial charge in [-0.3, -0.25) is 4.79 Å². The minimum atomic E-state index is -0.851. The molecule has 0 fully saturated rings. The Morgan fingerprint density at radius 3 is 2.67 bits per heavy atom. The molecular weight excluding hydrogens is 308 g/mol. The Balaban J connectivity index is 2.46. The standard InChI is InChI=1S/C15H17ClN2O2S/c1-15(2,3)12-8-13(21-9-14(19)20)18(17-12)11-6-4-5-10(16)7-11/h4-8H,9H2,1-3H3,(H,19,20). The van der Waals surface area contributed by atoms with Crippen LogP contribution in [0.2, 0.25) is 5.02 Å². The number of rotatable bonds is 4. The summed E-state index contributed by atoms with van der Waals surface area (Å²) in [6.45, 7) is 6.22. The zero-order valence-corrected chi connectivity index (χ0v) is 13.7. The van der Waals surface area contributed by atoms with E-state index in [-0.39, 0.29) is 11.2 Å². The summed E-state index contributed by atoms with van der Waals surface area (Å²) >= 11 is 7.28. The SMILES string of the molecule is CC(C)(C)c1cc(SCC(=O)O)n(-c2cccc(Cl)c2)n1. The number of aliphatic carboxylic acids is 1. The van der Waals surface area contributed by atoms with Crippen molar-refractivity contribution in [3.63, 3.8) is 0 Å². The molecule has 112 valence electrons. The molecule has 4 nitrogen and oxygen atoms in total. The lowest BCUT2D eigenvalue weighted by Crippen LogP contribution is -2.12. The first kappa shape index (κ1) is 15.9. The van der Waals surface area contributed by atoms with Crippen LogP contribution in [0.25, 0.3) is 5.69 Å². The third-order valence-corrected chi connectivity index (χ3v) is 4.05. The molecule has 0 saturated carbocycles. The Morgan fingerprint density at radius 2 is 2.10 bits per heavy atom. The van der Waals surface area contributed by atoms with Crippen molar-refractivity contribution in [2.75, 3.05) is 5.75 Å². The molecule has 2 rings (SSSR count). The van der Waals surface area contributed by atoms with Crippen molar-refractivity contribution in [3.05, 3.63) is 41.0 Å². The lowest BCUT2D eigenvalue weighted by atomic mass is 9.93. The van der Waals surface area contributed by atoms with Crippen LogP contribution < -0.4 is 0 Å². The quantitative estimate of drug-likeness (QED) is 0.864. The van der Waals surface area contributed by atoms with Crippen LogP contribution in [-0.2, 0) is 10.2 Å². The molecule has 2 aromatic rings. The number of hydrogen-bond donors (Lipinski definition) is 1. The molecule has 0 unspecified atom stereocenters. The van der Waals surface area contributed by atoms with Crippen LogP contribution >= 0.6 is 23.4 Å². The number of carboxylic acids is 1. The third-order valence-electron chi connectivity index (χ3n) is 2.84. The van der Waals surface area contributed by atoms with E-state index in [1.165, 1.54) is 11.8 Å². The lowest BCUT2D eigenvalue weighted by Gasteiger charge is -2.14. The second-order valence-corrected chi connectivity index (χ2v) is 7.12. The highest BCUT2D eigenvalue weighted by Gasteiger charge is 2.21. The second-order valence-electron chi connectivity index (χ2n) is 5.69. The number of hydrogen-bond acceptors (Lipinski definition) is 3. The minimum Gasteiger partial charge on any atom is -0.481 e. The van der Waals surface area contributed by atoms with Crippen LogP contribution in [0.1, 0.15) is 26.5 Å². The van der Waals surface area contributed by atoms with Gasteiger partial charge in [0.05, 0.1) is 17.1 Å². The summed E-state index contributed by atoms with van der Waals surface area (Å²) < 4.78 is 1.75. The first-order valence-electron chi connectivity index (χ1n) is 6.48. The molecule has 1 heterocycles. The predicted molar refractivity (Wildman–Crippen MR) is 85.6 cm³/mol. The van der Waals surface area contributed by atoms with Gasteiger partial charge in [0.15, 0.2) is 0 Å². The molecule has 1 N–H and O–H groups in total. The monoisotopic (exact) mass is 324 g/mol. The first-order chi connectivity index (χ1) is 9.77. The minimum absolute atomic E-state index is 0.00413. The highest BCUT2D eigenvalue weighted by molar-refractivity contribution is 7.99. The van der Waals surface area contributed by atoms with Crippen LogP contribution in [0.3, 0.4) is 0 Å². The van der Waals surface area contributed by atoms with Gasteiger partial charge in [-0.25, -0.2) is 4.68 Å². The molecule has 21 heavy (non-hydrogen) atoms. The molecule has 0 aliphatic carbocycles. The van der Waals surface area contributed by atoms with Crippen LogP contribution in [0.5, 0.6) is 0 Å². The fourth-order valence-electron chi connectivity index (χ4n) is 1.76. The molecule has 0 atom stereocenters. The maximum atomic E-state index is 10.8. The summed E-state index contributed by atoms with van der Waals surface area (Å²) in [6.07, 6.45) is 0. The smallest absolute Gasteiger partial charge is 0.313 e. The van der Waals surface area contributed by atoms with Gasteiger partial charge in [-0.1, -0.05) is 50.2 Å². The van der Waals surface area contributed by atoms with E-state index in [1.807, 2.05) is 24.3 Å². The van der Waals surface area contributed by atoms with Gasteiger partial charge in [0.1, 0.15) is 5.03 Å². The lowest BCUT2D eigenvalue weighted by molar-refractivity contribution is -0.133. The van der Waals surface area contributed by atoms with Gasteiger partial charge in [0.2, 0.25) is 0 Å². The van der Waals surface area contributed by atoms with E-state index in [9.17, 15) is 4.79 Å². The number of carboxylic acid groups (broad SMARTS) is 1. The van der Waals surface area contributed by atoms with E-state index in [0.717, 1.165) is 16.4 Å². The van der Waals surface area contributed by atoms with Gasteiger partial charge < -0.3 is 5.11 Å². The molecule has 0 spiro atoms. The average molecular weight is 325 g/mol. The largest absolute Gasteiger partial charge is 0.481 e. The fourth-order valence-corrected chi connectivity index (χ4v) is 2.68. The van der Waals surface area contributed by atoms with Gasteiger partial charge in [-0.05, 0) is 24.3 Å². The summed E-state index contributed by atoms with van der Waals surface area (Å²) in [7, 11) is 0. The summed E-state index contributed by atoms with van der Waals surface area (Å²) in [6, 6.07) is 9.29. The third kappa shape index (κ3) is 4.02. The van der Waals surface area contributed by atoms with Gasteiger partial charge in [-0.2, -0.15) is 5.10 Å². The summed E-state index contributed by atoms with van der Waals surface area (Å²) in [5.41, 5.74) is 1.63. The fraction of sp³-hybridized carbons (Fsp3) is 0.333. The van der Waals surface area contributed by atoms with E-state index in [1.54, 1.807) is 10.7 Å². The summed E-state index contributed by atoms with van der Waals surface area (Å²) in [5, 5.41) is 14.9.